The van der Waals surface area contributed by atoms with E-state index >= 15 is 0 Å². The standard InChI is InChI=1S/C13H16N4O2/c1-2-19-13(18)7-12-8-15-16-17(12)9-10-3-5-11(14)6-4-10/h3-6,8H,2,7,9,14H2,1H3. The van der Waals surface area contributed by atoms with Crippen LogP contribution in [0.3, 0.4) is 0 Å². The van der Waals surface area contributed by atoms with E-state index in [1.807, 2.05) is 24.3 Å². The Morgan fingerprint density at radius 3 is 2.79 bits per heavy atom. The fourth-order valence-electron chi connectivity index (χ4n) is 1.70. The minimum atomic E-state index is -0.275. The van der Waals surface area contributed by atoms with Gasteiger partial charge >= 0.3 is 5.97 Å². The Kier molecular flexibility index (Phi) is 4.12. The van der Waals surface area contributed by atoms with Crippen LogP contribution in [0.5, 0.6) is 0 Å². The van der Waals surface area contributed by atoms with Crippen molar-refractivity contribution in [2.75, 3.05) is 12.3 Å². The summed E-state index contributed by atoms with van der Waals surface area (Å²) in [6.07, 6.45) is 1.75. The lowest BCUT2D eigenvalue weighted by Gasteiger charge is -2.06. The minimum absolute atomic E-state index is 0.176. The fraction of sp³-hybridized carbons (Fsp3) is 0.308. The van der Waals surface area contributed by atoms with Crippen LogP contribution in [0.15, 0.2) is 30.5 Å². The second-order valence-corrected chi connectivity index (χ2v) is 4.11. The highest BCUT2D eigenvalue weighted by molar-refractivity contribution is 5.71. The van der Waals surface area contributed by atoms with Crippen molar-refractivity contribution in [1.82, 2.24) is 15.0 Å². The van der Waals surface area contributed by atoms with Crippen molar-refractivity contribution in [3.63, 3.8) is 0 Å². The van der Waals surface area contributed by atoms with Crippen molar-refractivity contribution in [2.45, 2.75) is 19.9 Å². The first-order valence-corrected chi connectivity index (χ1v) is 6.06. The molecule has 6 nitrogen and oxygen atoms in total. The third kappa shape index (κ3) is 3.54. The van der Waals surface area contributed by atoms with Crippen LogP contribution in [0.2, 0.25) is 0 Å². The van der Waals surface area contributed by atoms with Crippen LogP contribution in [-0.2, 0) is 22.5 Å². The van der Waals surface area contributed by atoms with E-state index in [1.165, 1.54) is 0 Å². The maximum absolute atomic E-state index is 11.5. The van der Waals surface area contributed by atoms with Crippen LogP contribution < -0.4 is 5.73 Å². The minimum Gasteiger partial charge on any atom is -0.466 e. The first-order chi connectivity index (χ1) is 9.19. The number of anilines is 1. The normalized spacial score (nSPS) is 10.4. The molecule has 0 aliphatic heterocycles. The van der Waals surface area contributed by atoms with Crippen molar-refractivity contribution in [3.8, 4) is 0 Å². The van der Waals surface area contributed by atoms with Crippen molar-refractivity contribution in [1.29, 1.82) is 0 Å². The number of nitrogens with two attached hydrogens (primary N) is 1. The molecular formula is C13H16N4O2. The molecule has 0 fully saturated rings. The molecule has 1 aromatic heterocycles. The number of nitrogens with zero attached hydrogens (tertiary/aromatic N) is 3. The highest BCUT2D eigenvalue weighted by Gasteiger charge is 2.10. The molecule has 19 heavy (non-hydrogen) atoms. The Morgan fingerprint density at radius 1 is 1.37 bits per heavy atom. The first-order valence-electron chi connectivity index (χ1n) is 6.06. The van der Waals surface area contributed by atoms with Gasteiger partial charge in [0.05, 0.1) is 31.5 Å². The number of carbonyl (C=O) groups is 1. The van der Waals surface area contributed by atoms with Gasteiger partial charge in [-0.3, -0.25) is 4.79 Å². The van der Waals surface area contributed by atoms with Crippen LogP contribution in [0.25, 0.3) is 0 Å². The molecular weight excluding hydrogens is 244 g/mol. The fourth-order valence-corrected chi connectivity index (χ4v) is 1.70. The monoisotopic (exact) mass is 260 g/mol. The molecule has 6 heteroatoms. The van der Waals surface area contributed by atoms with Crippen LogP contribution in [0.4, 0.5) is 5.69 Å². The van der Waals surface area contributed by atoms with Gasteiger partial charge in [-0.15, -0.1) is 5.10 Å². The Hall–Kier alpha value is -2.37. The summed E-state index contributed by atoms with van der Waals surface area (Å²) < 4.78 is 6.59. The van der Waals surface area contributed by atoms with Gasteiger partial charge in [0.25, 0.3) is 0 Å². The number of rotatable bonds is 5. The number of carbonyl (C=O) groups excluding carboxylic acids is 1. The van der Waals surface area contributed by atoms with Crippen LogP contribution in [0.1, 0.15) is 18.2 Å². The van der Waals surface area contributed by atoms with E-state index in [2.05, 4.69) is 10.3 Å². The quantitative estimate of drug-likeness (QED) is 0.641. The summed E-state index contributed by atoms with van der Waals surface area (Å²) in [6, 6.07) is 7.50. The SMILES string of the molecule is CCOC(=O)Cc1cnnn1Cc1ccc(N)cc1. The third-order valence-corrected chi connectivity index (χ3v) is 2.64. The second-order valence-electron chi connectivity index (χ2n) is 4.11. The molecule has 2 rings (SSSR count). The van der Waals surface area contributed by atoms with E-state index in [1.54, 1.807) is 17.8 Å². The summed E-state index contributed by atoms with van der Waals surface area (Å²) in [6.45, 7) is 2.70. The van der Waals surface area contributed by atoms with Gasteiger partial charge < -0.3 is 10.5 Å². The van der Waals surface area contributed by atoms with E-state index in [9.17, 15) is 4.79 Å². The van der Waals surface area contributed by atoms with Gasteiger partial charge in [0.1, 0.15) is 0 Å². The zero-order chi connectivity index (χ0) is 13.7. The van der Waals surface area contributed by atoms with Crippen molar-refractivity contribution < 1.29 is 9.53 Å². The molecule has 2 aromatic rings. The number of benzene rings is 1. The molecule has 0 amide bonds. The number of aromatic nitrogens is 3. The van der Waals surface area contributed by atoms with E-state index in [0.29, 0.717) is 18.8 Å². The highest BCUT2D eigenvalue weighted by atomic mass is 16.5. The van der Waals surface area contributed by atoms with Gasteiger partial charge in [-0.1, -0.05) is 17.3 Å². The van der Waals surface area contributed by atoms with Gasteiger partial charge in [-0.25, -0.2) is 4.68 Å². The van der Waals surface area contributed by atoms with E-state index in [4.69, 9.17) is 10.5 Å². The summed E-state index contributed by atoms with van der Waals surface area (Å²) in [5.74, 6) is -0.275. The molecule has 0 atom stereocenters. The number of hydrogen-bond acceptors (Lipinski definition) is 5. The zero-order valence-electron chi connectivity index (χ0n) is 10.7. The molecule has 2 N–H and O–H groups in total. The summed E-state index contributed by atoms with van der Waals surface area (Å²) in [7, 11) is 0. The lowest BCUT2D eigenvalue weighted by Crippen LogP contribution is -2.13. The molecule has 0 bridgehead atoms. The Bertz CT molecular complexity index is 548. The number of ether oxygens (including phenoxy) is 1. The van der Waals surface area contributed by atoms with Crippen LogP contribution >= 0.6 is 0 Å². The summed E-state index contributed by atoms with van der Waals surface area (Å²) in [5.41, 5.74) is 8.13. The van der Waals surface area contributed by atoms with Crippen LogP contribution in [0, 0.1) is 0 Å². The molecule has 0 unspecified atom stereocenters. The molecule has 0 aliphatic carbocycles. The van der Waals surface area contributed by atoms with Crippen molar-refractivity contribution in [2.24, 2.45) is 0 Å². The predicted octanol–water partition coefficient (Wildman–Crippen LogP) is 1.01. The predicted molar refractivity (Wildman–Crippen MR) is 70.3 cm³/mol. The van der Waals surface area contributed by atoms with E-state index in [-0.39, 0.29) is 12.4 Å². The van der Waals surface area contributed by atoms with Gasteiger partial charge in [0.15, 0.2) is 0 Å². The maximum atomic E-state index is 11.5. The molecule has 1 heterocycles. The molecule has 0 spiro atoms. The zero-order valence-corrected chi connectivity index (χ0v) is 10.7. The van der Waals surface area contributed by atoms with Gasteiger partial charge in [-0.05, 0) is 24.6 Å². The first kappa shape index (κ1) is 13.1. The largest absolute Gasteiger partial charge is 0.466 e. The molecule has 100 valence electrons. The smallest absolute Gasteiger partial charge is 0.311 e. The van der Waals surface area contributed by atoms with Gasteiger partial charge in [0.2, 0.25) is 0 Å². The Balaban J connectivity index is 2.07. The summed E-state index contributed by atoms with van der Waals surface area (Å²) in [5, 5.41) is 7.80. The molecule has 0 aliphatic rings. The lowest BCUT2D eigenvalue weighted by atomic mass is 10.2. The Morgan fingerprint density at radius 2 is 2.11 bits per heavy atom. The number of esters is 1. The second kappa shape index (κ2) is 5.99. The summed E-state index contributed by atoms with van der Waals surface area (Å²) in [4.78, 5) is 11.5. The van der Waals surface area contributed by atoms with Crippen LogP contribution in [-0.4, -0.2) is 27.6 Å². The maximum Gasteiger partial charge on any atom is 0.311 e. The average Bonchev–Trinajstić information content (AvgIpc) is 2.80. The number of nitrogen functional groups attached to an aromatic ring is 1. The Labute approximate surface area is 111 Å². The summed E-state index contributed by atoms with van der Waals surface area (Å²) >= 11 is 0. The topological polar surface area (TPSA) is 83.0 Å². The van der Waals surface area contributed by atoms with E-state index in [0.717, 1.165) is 11.3 Å². The van der Waals surface area contributed by atoms with E-state index < -0.39 is 0 Å². The third-order valence-electron chi connectivity index (χ3n) is 2.64. The molecule has 1 aromatic carbocycles. The van der Waals surface area contributed by atoms with Crippen molar-refractivity contribution in [3.05, 3.63) is 41.7 Å². The molecule has 0 saturated carbocycles. The van der Waals surface area contributed by atoms with Gasteiger partial charge in [0, 0.05) is 5.69 Å². The number of hydrogen-bond donors (Lipinski definition) is 1. The highest BCUT2D eigenvalue weighted by Crippen LogP contribution is 2.09. The lowest BCUT2D eigenvalue weighted by molar-refractivity contribution is -0.142. The molecule has 0 radical (unpaired) electrons. The van der Waals surface area contributed by atoms with Gasteiger partial charge in [-0.2, -0.15) is 0 Å². The van der Waals surface area contributed by atoms with Crippen molar-refractivity contribution >= 4 is 11.7 Å². The molecule has 0 saturated heterocycles. The average molecular weight is 260 g/mol.